The lowest BCUT2D eigenvalue weighted by Crippen LogP contribution is -1.98. The zero-order valence-corrected chi connectivity index (χ0v) is 30.8. The minimum absolute atomic E-state index is 0.659. The van der Waals surface area contributed by atoms with Crippen LogP contribution in [0.15, 0.2) is 188 Å². The number of hydrogen-bond donors (Lipinski definition) is 0. The van der Waals surface area contributed by atoms with Crippen LogP contribution in [-0.2, 0) is 0 Å². The van der Waals surface area contributed by atoms with Crippen molar-refractivity contribution in [1.82, 2.24) is 0 Å². The van der Waals surface area contributed by atoms with Gasteiger partial charge in [-0.15, -0.1) is 0 Å². The van der Waals surface area contributed by atoms with Gasteiger partial charge in [-0.05, 0) is 141 Å². The average molecular weight is 722 g/mol. The van der Waals surface area contributed by atoms with Crippen molar-refractivity contribution in [2.24, 2.45) is 0 Å². The minimum atomic E-state index is 0.659. The maximum Gasteiger partial charge on any atom is 0.135 e. The number of ether oxygens (including phenoxy) is 1. The molecule has 2 nitrogen and oxygen atoms in total. The molecule has 57 heavy (non-hydrogen) atoms. The summed E-state index contributed by atoms with van der Waals surface area (Å²) < 4.78 is 6.49. The van der Waals surface area contributed by atoms with Crippen LogP contribution in [0.25, 0.3) is 109 Å². The third-order valence-corrected chi connectivity index (χ3v) is 12.1. The smallest absolute Gasteiger partial charge is 0.135 e. The summed E-state index contributed by atoms with van der Waals surface area (Å²) in [5.41, 5.74) is 9.98. The van der Waals surface area contributed by atoms with Gasteiger partial charge in [0.1, 0.15) is 11.5 Å². The number of hydrogen-bond acceptors (Lipinski definition) is 2. The summed E-state index contributed by atoms with van der Waals surface area (Å²) in [5.74, 6) is 1.61. The van der Waals surface area contributed by atoms with Gasteiger partial charge in [-0.2, -0.15) is 5.26 Å². The van der Waals surface area contributed by atoms with Gasteiger partial charge in [-0.25, -0.2) is 0 Å². The van der Waals surface area contributed by atoms with Crippen LogP contribution < -0.4 is 4.74 Å². The van der Waals surface area contributed by atoms with Crippen LogP contribution in [0.2, 0.25) is 0 Å². The highest BCUT2D eigenvalue weighted by atomic mass is 16.5. The highest BCUT2D eigenvalue weighted by molar-refractivity contribution is 6.25. The lowest BCUT2D eigenvalue weighted by Gasteiger charge is -2.22. The molecule has 1 aliphatic heterocycles. The maximum atomic E-state index is 9.70. The molecule has 0 radical (unpaired) electrons. The van der Waals surface area contributed by atoms with Crippen LogP contribution in [0.5, 0.6) is 11.5 Å². The van der Waals surface area contributed by atoms with Gasteiger partial charge in [-0.3, -0.25) is 0 Å². The molecule has 1 heterocycles. The first-order valence-electron chi connectivity index (χ1n) is 19.4. The summed E-state index contributed by atoms with van der Waals surface area (Å²) in [4.78, 5) is 0. The van der Waals surface area contributed by atoms with Crippen molar-refractivity contribution in [2.45, 2.75) is 0 Å². The lowest BCUT2D eigenvalue weighted by atomic mass is 9.86. The van der Waals surface area contributed by atoms with Crippen molar-refractivity contribution in [3.8, 4) is 62.1 Å². The fraction of sp³-hybridized carbons (Fsp3) is 0. The summed E-state index contributed by atoms with van der Waals surface area (Å²) in [7, 11) is 0. The number of nitrogens with zero attached hydrogens (tertiary/aromatic N) is 1. The highest BCUT2D eigenvalue weighted by Crippen LogP contribution is 2.49. The second-order valence-corrected chi connectivity index (χ2v) is 15.1. The van der Waals surface area contributed by atoms with E-state index in [-0.39, 0.29) is 0 Å². The molecule has 0 bridgehead atoms. The second-order valence-electron chi connectivity index (χ2n) is 15.1. The maximum absolute atomic E-state index is 9.70. The van der Waals surface area contributed by atoms with Crippen molar-refractivity contribution in [2.75, 3.05) is 0 Å². The largest absolute Gasteiger partial charge is 0.456 e. The van der Waals surface area contributed by atoms with Crippen LogP contribution in [0.1, 0.15) is 5.56 Å². The molecule has 1 aliphatic rings. The molecule has 0 N–H and O–H groups in total. The average Bonchev–Trinajstić information content (AvgIpc) is 3.28. The van der Waals surface area contributed by atoms with Crippen molar-refractivity contribution in [3.63, 3.8) is 0 Å². The van der Waals surface area contributed by atoms with Crippen molar-refractivity contribution in [3.05, 3.63) is 194 Å². The summed E-state index contributed by atoms with van der Waals surface area (Å²) >= 11 is 0. The van der Waals surface area contributed by atoms with E-state index >= 15 is 0 Å². The third-order valence-electron chi connectivity index (χ3n) is 12.1. The van der Waals surface area contributed by atoms with E-state index in [2.05, 4.69) is 164 Å². The van der Waals surface area contributed by atoms with Gasteiger partial charge < -0.3 is 4.74 Å². The summed E-state index contributed by atoms with van der Waals surface area (Å²) in [6.07, 6.45) is 0. The fourth-order valence-electron chi connectivity index (χ4n) is 9.37. The number of nitriles is 1. The topological polar surface area (TPSA) is 33.0 Å². The Labute approximate surface area is 329 Å². The SMILES string of the molecule is N#Cc1ccc2c3c(cccc13)Oc1cc(-c3ccc4cc(-c5cc6c7ccccc7c(-c7cccc8ccccc78)cc6c6ccccc56)ccc4c3)ccc1-2. The number of benzene rings is 11. The Morgan fingerprint density at radius 2 is 0.895 bits per heavy atom. The first-order valence-corrected chi connectivity index (χ1v) is 19.4. The molecule has 0 aromatic heterocycles. The Kier molecular flexibility index (Phi) is 6.73. The van der Waals surface area contributed by atoms with Crippen LogP contribution in [-0.4, -0.2) is 0 Å². The van der Waals surface area contributed by atoms with E-state index in [1.165, 1.54) is 76.1 Å². The third kappa shape index (κ3) is 4.76. The van der Waals surface area contributed by atoms with E-state index in [9.17, 15) is 5.26 Å². The highest BCUT2D eigenvalue weighted by Gasteiger charge is 2.22. The molecule has 0 aliphatic carbocycles. The quantitative estimate of drug-likeness (QED) is 0.170. The first-order chi connectivity index (χ1) is 28.2. The summed E-state index contributed by atoms with van der Waals surface area (Å²) in [5, 5.41) is 24.1. The Hall–Kier alpha value is -7.73. The molecule has 0 atom stereocenters. The van der Waals surface area contributed by atoms with E-state index in [0.717, 1.165) is 44.5 Å². The molecule has 262 valence electrons. The van der Waals surface area contributed by atoms with Gasteiger partial charge in [0.05, 0.1) is 11.6 Å². The van der Waals surface area contributed by atoms with Crippen LogP contribution in [0.4, 0.5) is 0 Å². The molecular formula is C55H31NO. The minimum Gasteiger partial charge on any atom is -0.456 e. The Bertz CT molecular complexity index is 3560. The molecule has 0 spiro atoms. The zero-order chi connectivity index (χ0) is 37.6. The van der Waals surface area contributed by atoms with E-state index in [1.807, 2.05) is 30.3 Å². The molecule has 0 saturated heterocycles. The zero-order valence-electron chi connectivity index (χ0n) is 30.8. The number of rotatable bonds is 3. The predicted octanol–water partition coefficient (Wildman–Crippen LogP) is 15.3. The van der Waals surface area contributed by atoms with Crippen LogP contribution in [0, 0.1) is 11.3 Å². The van der Waals surface area contributed by atoms with E-state index < -0.39 is 0 Å². The van der Waals surface area contributed by atoms with Gasteiger partial charge in [0.25, 0.3) is 0 Å². The van der Waals surface area contributed by atoms with Gasteiger partial charge in [0.2, 0.25) is 0 Å². The molecule has 0 unspecified atom stereocenters. The molecule has 12 rings (SSSR count). The molecule has 11 aromatic carbocycles. The van der Waals surface area contributed by atoms with Gasteiger partial charge in [0, 0.05) is 16.3 Å². The Morgan fingerprint density at radius 3 is 1.68 bits per heavy atom. The van der Waals surface area contributed by atoms with Crippen molar-refractivity contribution in [1.29, 1.82) is 5.26 Å². The normalized spacial score (nSPS) is 12.0. The van der Waals surface area contributed by atoms with Gasteiger partial charge >= 0.3 is 0 Å². The molecular weight excluding hydrogens is 691 g/mol. The van der Waals surface area contributed by atoms with Gasteiger partial charge in [0.15, 0.2) is 0 Å². The van der Waals surface area contributed by atoms with Gasteiger partial charge in [-0.1, -0.05) is 140 Å². The van der Waals surface area contributed by atoms with E-state index in [1.54, 1.807) is 0 Å². The van der Waals surface area contributed by atoms with Crippen LogP contribution in [0.3, 0.4) is 0 Å². The molecule has 2 heteroatoms. The number of fused-ring (bicyclic) bond motifs is 9. The summed E-state index contributed by atoms with van der Waals surface area (Å²) in [6.45, 7) is 0. The Morgan fingerprint density at radius 1 is 0.316 bits per heavy atom. The van der Waals surface area contributed by atoms with Crippen molar-refractivity contribution < 1.29 is 4.74 Å². The molecule has 0 fully saturated rings. The monoisotopic (exact) mass is 721 g/mol. The van der Waals surface area contributed by atoms with Crippen molar-refractivity contribution >= 4 is 64.6 Å². The predicted molar refractivity (Wildman–Crippen MR) is 238 cm³/mol. The summed E-state index contributed by atoms with van der Waals surface area (Å²) in [6, 6.07) is 70.2. The van der Waals surface area contributed by atoms with E-state index in [0.29, 0.717) is 5.56 Å². The fourth-order valence-corrected chi connectivity index (χ4v) is 9.37. The Balaban J connectivity index is 0.973. The van der Waals surface area contributed by atoms with E-state index in [4.69, 9.17) is 4.74 Å². The second kappa shape index (κ2) is 12.1. The van der Waals surface area contributed by atoms with Crippen LogP contribution >= 0.6 is 0 Å². The molecule has 0 saturated carbocycles. The molecule has 0 amide bonds. The standard InChI is InChI=1S/C55H31NO/c56-32-39-24-26-48-47-25-23-37(29-54(47)57-53-18-8-16-41(39)55(48)53)35-19-20-36-28-38(22-21-34(36)27-35)49-30-51-46-15-6-5-14-45(46)50(31-52(51)44-13-4-3-12-43(44)49)42-17-7-10-33-9-1-2-11-40(33)42/h1-31H. The molecule has 11 aromatic rings. The first kappa shape index (κ1) is 31.6. The lowest BCUT2D eigenvalue weighted by molar-refractivity contribution is 0.487.